The number of amides is 1. The summed E-state index contributed by atoms with van der Waals surface area (Å²) in [6.07, 6.45) is 1.46. The number of carbonyl (C=O) groups is 1. The first-order valence-electron chi connectivity index (χ1n) is 9.83. The van der Waals surface area contributed by atoms with Gasteiger partial charge in [-0.25, -0.2) is 9.78 Å². The van der Waals surface area contributed by atoms with Crippen molar-refractivity contribution >= 4 is 23.5 Å². The highest BCUT2D eigenvalue weighted by atomic mass is 16.6. The molecule has 7 heteroatoms. The van der Waals surface area contributed by atoms with Crippen LogP contribution in [0.15, 0.2) is 24.3 Å². The van der Waals surface area contributed by atoms with Gasteiger partial charge in [-0.15, -0.1) is 0 Å². The zero-order chi connectivity index (χ0) is 20.1. The van der Waals surface area contributed by atoms with Crippen molar-refractivity contribution in [3.05, 3.63) is 41.1 Å². The van der Waals surface area contributed by atoms with E-state index in [9.17, 15) is 4.79 Å². The lowest BCUT2D eigenvalue weighted by atomic mass is 10.1. The van der Waals surface area contributed by atoms with Gasteiger partial charge in [0.25, 0.3) is 0 Å². The summed E-state index contributed by atoms with van der Waals surface area (Å²) in [5, 5.41) is 6.82. The van der Waals surface area contributed by atoms with Crippen molar-refractivity contribution in [2.24, 2.45) is 0 Å². The van der Waals surface area contributed by atoms with Gasteiger partial charge in [0.1, 0.15) is 5.82 Å². The lowest BCUT2D eigenvalue weighted by molar-refractivity contribution is 0.0983. The quantitative estimate of drug-likeness (QED) is 0.806. The summed E-state index contributed by atoms with van der Waals surface area (Å²) in [6, 6.07) is 8.47. The van der Waals surface area contributed by atoms with E-state index >= 15 is 0 Å². The molecule has 1 aromatic heterocycles. The highest BCUT2D eigenvalue weighted by Gasteiger charge is 2.24. The van der Waals surface area contributed by atoms with E-state index < -0.39 is 0 Å². The number of aryl methyl sites for hydroxylation is 3. The number of hydrogen-bond acceptors (Lipinski definition) is 6. The Hall–Kier alpha value is -2.83. The second-order valence-corrected chi connectivity index (χ2v) is 7.27. The Labute approximate surface area is 166 Å². The molecule has 0 aliphatic carbocycles. The highest BCUT2D eigenvalue weighted by Crippen LogP contribution is 2.22. The minimum Gasteiger partial charge on any atom is -0.450 e. The van der Waals surface area contributed by atoms with Crippen LogP contribution in [-0.2, 0) is 4.74 Å². The topological polar surface area (TPSA) is 79.4 Å². The molecule has 0 saturated carbocycles. The van der Waals surface area contributed by atoms with E-state index in [1.54, 1.807) is 4.90 Å². The monoisotopic (exact) mass is 383 g/mol. The van der Waals surface area contributed by atoms with Crippen LogP contribution in [0.4, 0.5) is 22.2 Å². The Morgan fingerprint density at radius 1 is 1.18 bits per heavy atom. The number of rotatable bonds is 5. The minimum atomic E-state index is -0.229. The number of anilines is 3. The van der Waals surface area contributed by atoms with E-state index in [-0.39, 0.29) is 12.1 Å². The number of piperidine rings is 1. The van der Waals surface area contributed by atoms with Crippen LogP contribution in [0.5, 0.6) is 0 Å². The van der Waals surface area contributed by atoms with Gasteiger partial charge in [0.2, 0.25) is 5.95 Å². The third-order valence-electron chi connectivity index (χ3n) is 4.85. The van der Waals surface area contributed by atoms with Gasteiger partial charge in [0, 0.05) is 36.6 Å². The lowest BCUT2D eigenvalue weighted by Crippen LogP contribution is -2.42. The number of benzene rings is 1. The molecule has 2 N–H and O–H groups in total. The SMILES string of the molecule is CCOC(=O)N1CCC(Nc2nc(C)cc(Nc3ccc(C)cc3C)n2)CC1. The smallest absolute Gasteiger partial charge is 0.409 e. The van der Waals surface area contributed by atoms with Gasteiger partial charge in [0.05, 0.1) is 6.61 Å². The van der Waals surface area contributed by atoms with Gasteiger partial charge in [0.15, 0.2) is 0 Å². The molecule has 1 saturated heterocycles. The molecule has 7 nitrogen and oxygen atoms in total. The largest absolute Gasteiger partial charge is 0.450 e. The summed E-state index contributed by atoms with van der Waals surface area (Å²) < 4.78 is 5.07. The van der Waals surface area contributed by atoms with Gasteiger partial charge < -0.3 is 20.3 Å². The summed E-state index contributed by atoms with van der Waals surface area (Å²) >= 11 is 0. The van der Waals surface area contributed by atoms with E-state index in [0.717, 1.165) is 30.0 Å². The van der Waals surface area contributed by atoms with Crippen molar-refractivity contribution in [2.75, 3.05) is 30.3 Å². The van der Waals surface area contributed by atoms with E-state index in [0.29, 0.717) is 25.6 Å². The van der Waals surface area contributed by atoms with Crippen LogP contribution in [0.1, 0.15) is 36.6 Å². The Balaban J connectivity index is 1.63. The number of aromatic nitrogens is 2. The molecule has 0 unspecified atom stereocenters. The van der Waals surface area contributed by atoms with E-state index in [2.05, 4.69) is 52.6 Å². The number of likely N-dealkylation sites (tertiary alicyclic amines) is 1. The van der Waals surface area contributed by atoms with Crippen molar-refractivity contribution in [3.8, 4) is 0 Å². The zero-order valence-corrected chi connectivity index (χ0v) is 17.1. The van der Waals surface area contributed by atoms with Gasteiger partial charge >= 0.3 is 6.09 Å². The molecule has 150 valence electrons. The molecule has 2 heterocycles. The van der Waals surface area contributed by atoms with Crippen molar-refractivity contribution in [2.45, 2.75) is 46.6 Å². The predicted molar refractivity (Wildman–Crippen MR) is 111 cm³/mol. The maximum Gasteiger partial charge on any atom is 0.409 e. The number of nitrogens with zero attached hydrogens (tertiary/aromatic N) is 3. The molecule has 0 spiro atoms. The van der Waals surface area contributed by atoms with Crippen LogP contribution < -0.4 is 10.6 Å². The first-order valence-corrected chi connectivity index (χ1v) is 9.83. The molecule has 0 radical (unpaired) electrons. The number of hydrogen-bond donors (Lipinski definition) is 2. The third kappa shape index (κ3) is 5.12. The van der Waals surface area contributed by atoms with Gasteiger partial charge in [-0.1, -0.05) is 17.7 Å². The van der Waals surface area contributed by atoms with E-state index in [4.69, 9.17) is 4.74 Å². The zero-order valence-electron chi connectivity index (χ0n) is 17.1. The summed E-state index contributed by atoms with van der Waals surface area (Å²) in [4.78, 5) is 22.7. The highest BCUT2D eigenvalue weighted by molar-refractivity contribution is 5.67. The third-order valence-corrected chi connectivity index (χ3v) is 4.85. The molecule has 2 aromatic rings. The second kappa shape index (κ2) is 8.91. The molecule has 1 amide bonds. The van der Waals surface area contributed by atoms with Crippen LogP contribution in [-0.4, -0.2) is 46.7 Å². The van der Waals surface area contributed by atoms with Crippen molar-refractivity contribution in [1.29, 1.82) is 0 Å². The van der Waals surface area contributed by atoms with E-state index in [1.165, 1.54) is 11.1 Å². The second-order valence-electron chi connectivity index (χ2n) is 7.27. The van der Waals surface area contributed by atoms with Gasteiger partial charge in [-0.3, -0.25) is 0 Å². The molecule has 28 heavy (non-hydrogen) atoms. The molecule has 0 atom stereocenters. The van der Waals surface area contributed by atoms with E-state index in [1.807, 2.05) is 19.9 Å². The molecule has 1 aromatic carbocycles. The summed E-state index contributed by atoms with van der Waals surface area (Å²) in [7, 11) is 0. The van der Waals surface area contributed by atoms with Crippen LogP contribution in [0.25, 0.3) is 0 Å². The maximum atomic E-state index is 11.8. The van der Waals surface area contributed by atoms with Gasteiger partial charge in [-0.2, -0.15) is 4.98 Å². The van der Waals surface area contributed by atoms with Gasteiger partial charge in [-0.05, 0) is 52.2 Å². The van der Waals surface area contributed by atoms with Crippen molar-refractivity contribution < 1.29 is 9.53 Å². The first kappa shape index (κ1) is 19.9. The van der Waals surface area contributed by atoms with Crippen LogP contribution >= 0.6 is 0 Å². The molecule has 1 aliphatic rings. The van der Waals surface area contributed by atoms with Crippen molar-refractivity contribution in [1.82, 2.24) is 14.9 Å². The standard InChI is InChI=1S/C21H29N5O2/c1-5-28-21(27)26-10-8-17(9-11-26)23-20-22-16(4)13-19(25-20)24-18-7-6-14(2)12-15(18)3/h6-7,12-13,17H,5,8-11H2,1-4H3,(H2,22,23,24,25). The fraction of sp³-hybridized carbons (Fsp3) is 0.476. The molecular weight excluding hydrogens is 354 g/mol. The van der Waals surface area contributed by atoms with Crippen molar-refractivity contribution in [3.63, 3.8) is 0 Å². The Morgan fingerprint density at radius 3 is 2.61 bits per heavy atom. The summed E-state index contributed by atoms with van der Waals surface area (Å²) in [5.41, 5.74) is 4.35. The molecule has 3 rings (SSSR count). The number of carbonyl (C=O) groups excluding carboxylic acids is 1. The molecule has 1 aliphatic heterocycles. The lowest BCUT2D eigenvalue weighted by Gasteiger charge is -2.31. The fourth-order valence-electron chi connectivity index (χ4n) is 3.39. The molecule has 0 bridgehead atoms. The fourth-order valence-corrected chi connectivity index (χ4v) is 3.39. The first-order chi connectivity index (χ1) is 13.4. The maximum absolute atomic E-state index is 11.8. The average Bonchev–Trinajstić information content (AvgIpc) is 2.64. The Morgan fingerprint density at radius 2 is 1.93 bits per heavy atom. The molecular formula is C21H29N5O2. The Bertz CT molecular complexity index is 832. The van der Waals surface area contributed by atoms with Crippen LogP contribution in [0.2, 0.25) is 0 Å². The normalized spacial score (nSPS) is 14.6. The Kier molecular flexibility index (Phi) is 6.34. The molecule has 1 fully saturated rings. The average molecular weight is 383 g/mol. The summed E-state index contributed by atoms with van der Waals surface area (Å²) in [6.45, 7) is 9.71. The van der Waals surface area contributed by atoms with Crippen LogP contribution in [0.3, 0.4) is 0 Å². The minimum absolute atomic E-state index is 0.229. The van der Waals surface area contributed by atoms with Crippen LogP contribution in [0, 0.1) is 20.8 Å². The number of nitrogens with one attached hydrogen (secondary N) is 2. The predicted octanol–water partition coefficient (Wildman–Crippen LogP) is 4.18. The number of ether oxygens (including phenoxy) is 1. The summed E-state index contributed by atoms with van der Waals surface area (Å²) in [5.74, 6) is 1.38.